The molecule has 0 radical (unpaired) electrons. The van der Waals surface area contributed by atoms with Gasteiger partial charge in [0.2, 0.25) is 0 Å². The minimum Gasteiger partial charge on any atom is -0.387 e. The molecule has 6 nitrogen and oxygen atoms in total. The van der Waals surface area contributed by atoms with E-state index in [2.05, 4.69) is 15.5 Å². The van der Waals surface area contributed by atoms with E-state index in [-0.39, 0.29) is 17.8 Å². The molecule has 0 aliphatic heterocycles. The van der Waals surface area contributed by atoms with E-state index in [1.807, 2.05) is 32.0 Å². The second kappa shape index (κ2) is 7.85. The molecule has 1 amide bonds. The van der Waals surface area contributed by atoms with Crippen molar-refractivity contribution in [2.45, 2.75) is 26.9 Å². The Bertz CT molecular complexity index is 1030. The van der Waals surface area contributed by atoms with Crippen LogP contribution in [0, 0.1) is 32.4 Å². The van der Waals surface area contributed by atoms with Crippen molar-refractivity contribution < 1.29 is 18.7 Å². The van der Waals surface area contributed by atoms with E-state index in [1.54, 1.807) is 6.92 Å². The highest BCUT2D eigenvalue weighted by Crippen LogP contribution is 2.17. The predicted molar refractivity (Wildman–Crippen MR) is 99.2 cm³/mol. The van der Waals surface area contributed by atoms with Gasteiger partial charge in [0.15, 0.2) is 17.3 Å². The van der Waals surface area contributed by atoms with E-state index in [4.69, 9.17) is 0 Å². The van der Waals surface area contributed by atoms with Gasteiger partial charge >= 0.3 is 0 Å². The van der Waals surface area contributed by atoms with Crippen molar-refractivity contribution in [1.82, 2.24) is 20.3 Å². The van der Waals surface area contributed by atoms with E-state index < -0.39 is 23.6 Å². The van der Waals surface area contributed by atoms with Gasteiger partial charge < -0.3 is 10.4 Å². The first-order chi connectivity index (χ1) is 13.3. The number of carbonyl (C=O) groups excluding carboxylic acids is 1. The maximum absolute atomic E-state index is 13.3. The van der Waals surface area contributed by atoms with Crippen LogP contribution in [0.3, 0.4) is 0 Å². The van der Waals surface area contributed by atoms with E-state index in [0.717, 1.165) is 28.9 Å². The fourth-order valence-electron chi connectivity index (χ4n) is 2.84. The number of benzene rings is 2. The molecule has 0 aliphatic rings. The van der Waals surface area contributed by atoms with Gasteiger partial charge in [0.25, 0.3) is 5.91 Å². The molecule has 0 saturated carbocycles. The summed E-state index contributed by atoms with van der Waals surface area (Å²) in [5, 5.41) is 21.2. The molecule has 2 aromatic carbocycles. The molecule has 0 aliphatic carbocycles. The summed E-state index contributed by atoms with van der Waals surface area (Å²) in [4.78, 5) is 13.8. The van der Waals surface area contributed by atoms with Gasteiger partial charge in [-0.3, -0.25) is 4.79 Å². The van der Waals surface area contributed by atoms with Crippen molar-refractivity contribution in [1.29, 1.82) is 0 Å². The smallest absolute Gasteiger partial charge is 0.273 e. The van der Waals surface area contributed by atoms with Gasteiger partial charge in [0.05, 0.1) is 17.5 Å². The maximum atomic E-state index is 13.3. The highest BCUT2D eigenvalue weighted by atomic mass is 19.2. The first-order valence-corrected chi connectivity index (χ1v) is 8.69. The van der Waals surface area contributed by atoms with Gasteiger partial charge in [0.1, 0.15) is 0 Å². The SMILES string of the molecule is Cc1ccc(-n2nc(C)c(C(=O)NC[C@H](O)c3ccc(F)c(F)c3)n2)c(C)c1. The molecule has 0 bridgehead atoms. The normalized spacial score (nSPS) is 12.1. The Morgan fingerprint density at radius 1 is 1.11 bits per heavy atom. The van der Waals surface area contributed by atoms with Gasteiger partial charge in [-0.05, 0) is 50.1 Å². The summed E-state index contributed by atoms with van der Waals surface area (Å²) in [7, 11) is 0. The average molecular weight is 386 g/mol. The number of hydrogen-bond donors (Lipinski definition) is 2. The lowest BCUT2D eigenvalue weighted by Crippen LogP contribution is -2.29. The van der Waals surface area contributed by atoms with E-state index in [0.29, 0.717) is 5.69 Å². The lowest BCUT2D eigenvalue weighted by molar-refractivity contribution is 0.0910. The van der Waals surface area contributed by atoms with Crippen LogP contribution >= 0.6 is 0 Å². The number of carbonyl (C=O) groups is 1. The third kappa shape index (κ3) is 4.07. The zero-order valence-corrected chi connectivity index (χ0v) is 15.7. The molecule has 0 saturated heterocycles. The van der Waals surface area contributed by atoms with Crippen molar-refractivity contribution >= 4 is 5.91 Å². The standard InChI is InChI=1S/C20H20F2N4O2/c1-11-4-7-17(12(2)8-11)26-24-13(3)19(25-26)20(28)23-10-18(27)14-5-6-15(21)16(22)9-14/h4-9,18,27H,10H2,1-3H3,(H,23,28)/t18-/m0/s1. The number of aliphatic hydroxyl groups excluding tert-OH is 1. The van der Waals surface area contributed by atoms with Crippen molar-refractivity contribution in [3.8, 4) is 5.69 Å². The van der Waals surface area contributed by atoms with Crippen LogP contribution in [-0.4, -0.2) is 32.6 Å². The summed E-state index contributed by atoms with van der Waals surface area (Å²) in [5.41, 5.74) is 3.55. The molecule has 146 valence electrons. The van der Waals surface area contributed by atoms with Gasteiger partial charge in [-0.15, -0.1) is 5.10 Å². The first-order valence-electron chi connectivity index (χ1n) is 8.69. The minimum absolute atomic E-state index is 0.123. The number of aliphatic hydroxyl groups is 1. The quantitative estimate of drug-likeness (QED) is 0.707. The molecular formula is C20H20F2N4O2. The van der Waals surface area contributed by atoms with Crippen LogP contribution in [0.1, 0.15) is 39.0 Å². The first kappa shape index (κ1) is 19.6. The van der Waals surface area contributed by atoms with E-state index >= 15 is 0 Å². The number of halogens is 2. The van der Waals surface area contributed by atoms with Crippen LogP contribution in [0.4, 0.5) is 8.78 Å². The Labute approximate surface area is 160 Å². The van der Waals surface area contributed by atoms with E-state index in [1.165, 1.54) is 10.9 Å². The number of aryl methyl sites for hydroxylation is 3. The molecule has 1 atom stereocenters. The molecule has 3 rings (SSSR count). The average Bonchev–Trinajstić information content (AvgIpc) is 3.03. The van der Waals surface area contributed by atoms with Gasteiger partial charge in [-0.1, -0.05) is 23.8 Å². The highest BCUT2D eigenvalue weighted by Gasteiger charge is 2.19. The Morgan fingerprint density at radius 2 is 1.86 bits per heavy atom. The summed E-state index contributed by atoms with van der Waals surface area (Å²) in [6, 6.07) is 8.88. The molecule has 0 spiro atoms. The van der Waals surface area contributed by atoms with Crippen LogP contribution in [0.15, 0.2) is 36.4 Å². The van der Waals surface area contributed by atoms with Crippen molar-refractivity contribution in [2.24, 2.45) is 0 Å². The van der Waals surface area contributed by atoms with Crippen molar-refractivity contribution in [2.75, 3.05) is 6.54 Å². The highest BCUT2D eigenvalue weighted by molar-refractivity contribution is 5.93. The Morgan fingerprint density at radius 3 is 2.54 bits per heavy atom. The molecular weight excluding hydrogens is 366 g/mol. The number of nitrogens with zero attached hydrogens (tertiary/aromatic N) is 3. The topological polar surface area (TPSA) is 80.0 Å². The molecule has 0 fully saturated rings. The molecule has 1 heterocycles. The molecule has 3 aromatic rings. The summed E-state index contributed by atoms with van der Waals surface area (Å²) >= 11 is 0. The van der Waals surface area contributed by atoms with Gasteiger partial charge in [-0.2, -0.15) is 9.90 Å². The zero-order valence-electron chi connectivity index (χ0n) is 15.7. The number of hydrogen-bond acceptors (Lipinski definition) is 4. The third-order valence-corrected chi connectivity index (χ3v) is 4.35. The second-order valence-corrected chi connectivity index (χ2v) is 6.61. The number of nitrogens with one attached hydrogen (secondary N) is 1. The second-order valence-electron chi connectivity index (χ2n) is 6.61. The summed E-state index contributed by atoms with van der Waals surface area (Å²) in [5.74, 6) is -2.58. The molecule has 8 heteroatoms. The summed E-state index contributed by atoms with van der Waals surface area (Å²) in [6.45, 7) is 5.39. The lowest BCUT2D eigenvalue weighted by atomic mass is 10.1. The predicted octanol–water partition coefficient (Wildman–Crippen LogP) is 2.93. The Hall–Kier alpha value is -3.13. The van der Waals surface area contributed by atoms with Crippen LogP contribution in [0.25, 0.3) is 5.69 Å². The fraction of sp³-hybridized carbons (Fsp3) is 0.250. The minimum atomic E-state index is -1.19. The molecule has 2 N–H and O–H groups in total. The third-order valence-electron chi connectivity index (χ3n) is 4.35. The van der Waals surface area contributed by atoms with Crippen LogP contribution in [0.5, 0.6) is 0 Å². The maximum Gasteiger partial charge on any atom is 0.273 e. The summed E-state index contributed by atoms with van der Waals surface area (Å²) < 4.78 is 26.3. The van der Waals surface area contributed by atoms with Gasteiger partial charge in [-0.25, -0.2) is 8.78 Å². The summed E-state index contributed by atoms with van der Waals surface area (Å²) in [6.07, 6.45) is -1.19. The van der Waals surface area contributed by atoms with Crippen LogP contribution < -0.4 is 5.32 Å². The number of rotatable bonds is 5. The van der Waals surface area contributed by atoms with Crippen molar-refractivity contribution in [3.63, 3.8) is 0 Å². The Kier molecular flexibility index (Phi) is 5.51. The van der Waals surface area contributed by atoms with Crippen LogP contribution in [0.2, 0.25) is 0 Å². The van der Waals surface area contributed by atoms with E-state index in [9.17, 15) is 18.7 Å². The monoisotopic (exact) mass is 386 g/mol. The Balaban J connectivity index is 1.72. The van der Waals surface area contributed by atoms with Crippen molar-refractivity contribution in [3.05, 3.63) is 76.1 Å². The fourth-order valence-corrected chi connectivity index (χ4v) is 2.84. The molecule has 28 heavy (non-hydrogen) atoms. The molecule has 0 unspecified atom stereocenters. The zero-order chi connectivity index (χ0) is 20.4. The van der Waals surface area contributed by atoms with Gasteiger partial charge in [0, 0.05) is 6.54 Å². The largest absolute Gasteiger partial charge is 0.387 e. The number of aromatic nitrogens is 3. The molecule has 1 aromatic heterocycles. The lowest BCUT2D eigenvalue weighted by Gasteiger charge is -2.12. The number of amides is 1. The van der Waals surface area contributed by atoms with Crippen LogP contribution in [-0.2, 0) is 0 Å².